The first-order valence-electron chi connectivity index (χ1n) is 4.40. The molecule has 0 aliphatic heterocycles. The molecule has 0 aliphatic carbocycles. The van der Waals surface area contributed by atoms with Gasteiger partial charge in [0.25, 0.3) is 0 Å². The third kappa shape index (κ3) is 6.85. The molecule has 14 heavy (non-hydrogen) atoms. The smallest absolute Gasteiger partial charge is 0.307 e. The Labute approximate surface area is 84.6 Å². The van der Waals surface area contributed by atoms with E-state index in [1.807, 2.05) is 13.8 Å². The number of aliphatic carboxylic acids is 1. The summed E-state index contributed by atoms with van der Waals surface area (Å²) in [5.74, 6) is -1.38. The van der Waals surface area contributed by atoms with E-state index in [-0.39, 0.29) is 12.5 Å². The van der Waals surface area contributed by atoms with Crippen LogP contribution in [0.4, 0.5) is 0 Å². The van der Waals surface area contributed by atoms with Crippen LogP contribution in [0, 0.1) is 11.8 Å². The largest absolute Gasteiger partial charge is 0.481 e. The zero-order valence-electron chi connectivity index (χ0n) is 8.65. The highest BCUT2D eigenvalue weighted by Crippen LogP contribution is 2.11. The summed E-state index contributed by atoms with van der Waals surface area (Å²) in [6.45, 7) is 3.76. The molecule has 1 unspecified atom stereocenters. The number of sulfonamides is 1. The number of hydrogen-bond acceptors (Lipinski definition) is 3. The number of carboxylic acids is 1. The molecular formula is C8H17NO4S. The first-order chi connectivity index (χ1) is 6.22. The van der Waals surface area contributed by atoms with Crippen LogP contribution in [0.15, 0.2) is 0 Å². The highest BCUT2D eigenvalue weighted by molar-refractivity contribution is 7.88. The molecule has 0 amide bonds. The van der Waals surface area contributed by atoms with E-state index in [4.69, 9.17) is 5.11 Å². The van der Waals surface area contributed by atoms with Crippen LogP contribution in [0.2, 0.25) is 0 Å². The highest BCUT2D eigenvalue weighted by Gasteiger charge is 2.19. The summed E-state index contributed by atoms with van der Waals surface area (Å²) < 4.78 is 23.7. The van der Waals surface area contributed by atoms with Crippen LogP contribution in [0.5, 0.6) is 0 Å². The third-order valence-corrected chi connectivity index (χ3v) is 2.39. The summed E-state index contributed by atoms with van der Waals surface area (Å²) >= 11 is 0. The van der Waals surface area contributed by atoms with Crippen LogP contribution < -0.4 is 4.72 Å². The van der Waals surface area contributed by atoms with E-state index in [9.17, 15) is 13.2 Å². The molecule has 0 aromatic rings. The molecule has 0 saturated heterocycles. The number of carboxylic acid groups (broad SMARTS) is 1. The Morgan fingerprint density at radius 2 is 1.93 bits per heavy atom. The standard InChI is InChI=1S/C8H17NO4S/c1-6(2)4-7(8(10)11)5-9-14(3,12)13/h6-7,9H,4-5H2,1-3H3,(H,10,11). The molecule has 0 aliphatic rings. The van der Waals surface area contributed by atoms with E-state index >= 15 is 0 Å². The number of rotatable bonds is 6. The number of hydrogen-bond donors (Lipinski definition) is 2. The van der Waals surface area contributed by atoms with Crippen LogP contribution in [-0.4, -0.2) is 32.3 Å². The lowest BCUT2D eigenvalue weighted by molar-refractivity contribution is -0.142. The minimum atomic E-state index is -3.30. The molecule has 0 bridgehead atoms. The SMILES string of the molecule is CC(C)CC(CNS(C)(=O)=O)C(=O)O. The second-order valence-electron chi connectivity index (χ2n) is 3.79. The van der Waals surface area contributed by atoms with Crippen molar-refractivity contribution in [1.29, 1.82) is 0 Å². The van der Waals surface area contributed by atoms with Gasteiger partial charge in [-0.15, -0.1) is 0 Å². The first kappa shape index (κ1) is 13.4. The van der Waals surface area contributed by atoms with Crippen molar-refractivity contribution in [1.82, 2.24) is 4.72 Å². The Morgan fingerprint density at radius 1 is 1.43 bits per heavy atom. The lowest BCUT2D eigenvalue weighted by Crippen LogP contribution is -2.32. The maximum atomic E-state index is 10.7. The lowest BCUT2D eigenvalue weighted by Gasteiger charge is -2.14. The van der Waals surface area contributed by atoms with E-state index in [1.54, 1.807) is 0 Å². The van der Waals surface area contributed by atoms with Crippen molar-refractivity contribution < 1.29 is 18.3 Å². The normalized spacial score (nSPS) is 14.3. The maximum absolute atomic E-state index is 10.7. The summed E-state index contributed by atoms with van der Waals surface area (Å²) in [5.41, 5.74) is 0. The zero-order chi connectivity index (χ0) is 11.4. The minimum Gasteiger partial charge on any atom is -0.481 e. The van der Waals surface area contributed by atoms with Crippen LogP contribution >= 0.6 is 0 Å². The Bertz CT molecular complexity index is 284. The van der Waals surface area contributed by atoms with Crippen LogP contribution in [0.25, 0.3) is 0 Å². The molecule has 0 heterocycles. The monoisotopic (exact) mass is 223 g/mol. The topological polar surface area (TPSA) is 83.5 Å². The third-order valence-electron chi connectivity index (χ3n) is 1.70. The van der Waals surface area contributed by atoms with Gasteiger partial charge in [0.05, 0.1) is 12.2 Å². The summed E-state index contributed by atoms with van der Waals surface area (Å²) in [4.78, 5) is 10.7. The quantitative estimate of drug-likeness (QED) is 0.677. The summed E-state index contributed by atoms with van der Waals surface area (Å²) in [7, 11) is -3.30. The van der Waals surface area contributed by atoms with Gasteiger partial charge in [0.1, 0.15) is 0 Å². The molecule has 5 nitrogen and oxygen atoms in total. The summed E-state index contributed by atoms with van der Waals surface area (Å²) in [6, 6.07) is 0. The minimum absolute atomic E-state index is 0.0354. The van der Waals surface area contributed by atoms with Gasteiger partial charge in [0.2, 0.25) is 10.0 Å². The van der Waals surface area contributed by atoms with E-state index < -0.39 is 21.9 Å². The predicted molar refractivity (Wildman–Crippen MR) is 53.4 cm³/mol. The van der Waals surface area contributed by atoms with Gasteiger partial charge in [-0.2, -0.15) is 0 Å². The molecule has 0 rings (SSSR count). The fourth-order valence-corrected chi connectivity index (χ4v) is 1.60. The van der Waals surface area contributed by atoms with Gasteiger partial charge >= 0.3 is 5.97 Å². The Morgan fingerprint density at radius 3 is 2.21 bits per heavy atom. The van der Waals surface area contributed by atoms with Crippen molar-refractivity contribution in [2.75, 3.05) is 12.8 Å². The molecule has 84 valence electrons. The number of nitrogens with one attached hydrogen (secondary N) is 1. The van der Waals surface area contributed by atoms with E-state index in [1.165, 1.54) is 0 Å². The van der Waals surface area contributed by atoms with Gasteiger partial charge in [0.15, 0.2) is 0 Å². The van der Waals surface area contributed by atoms with Crippen LogP contribution in [0.3, 0.4) is 0 Å². The van der Waals surface area contributed by atoms with Gasteiger partial charge in [-0.3, -0.25) is 4.79 Å². The van der Waals surface area contributed by atoms with E-state index in [2.05, 4.69) is 4.72 Å². The molecule has 0 spiro atoms. The van der Waals surface area contributed by atoms with Gasteiger partial charge < -0.3 is 5.11 Å². The van der Waals surface area contributed by atoms with Gasteiger partial charge in [-0.1, -0.05) is 13.8 Å². The predicted octanol–water partition coefficient (Wildman–Crippen LogP) is 0.282. The van der Waals surface area contributed by atoms with Crippen molar-refractivity contribution >= 4 is 16.0 Å². The molecule has 0 fully saturated rings. The van der Waals surface area contributed by atoms with E-state index in [0.717, 1.165) is 6.26 Å². The van der Waals surface area contributed by atoms with Gasteiger partial charge in [-0.25, -0.2) is 13.1 Å². The maximum Gasteiger partial charge on any atom is 0.307 e. The second-order valence-corrected chi connectivity index (χ2v) is 5.62. The summed E-state index contributed by atoms with van der Waals surface area (Å²) in [5, 5.41) is 8.78. The van der Waals surface area contributed by atoms with Crippen molar-refractivity contribution in [2.24, 2.45) is 11.8 Å². The fourth-order valence-electron chi connectivity index (χ4n) is 1.09. The van der Waals surface area contributed by atoms with Crippen molar-refractivity contribution in [3.05, 3.63) is 0 Å². The fraction of sp³-hybridized carbons (Fsp3) is 0.875. The zero-order valence-corrected chi connectivity index (χ0v) is 9.47. The van der Waals surface area contributed by atoms with Gasteiger partial charge in [-0.05, 0) is 12.3 Å². The number of carbonyl (C=O) groups is 1. The second kappa shape index (κ2) is 5.31. The van der Waals surface area contributed by atoms with Crippen molar-refractivity contribution in [3.8, 4) is 0 Å². The molecule has 1 atom stereocenters. The molecule has 2 N–H and O–H groups in total. The van der Waals surface area contributed by atoms with Gasteiger partial charge in [0, 0.05) is 6.54 Å². The molecule has 0 aromatic carbocycles. The molecule has 0 radical (unpaired) electrons. The van der Waals surface area contributed by atoms with Crippen molar-refractivity contribution in [3.63, 3.8) is 0 Å². The highest BCUT2D eigenvalue weighted by atomic mass is 32.2. The molecule has 6 heteroatoms. The lowest BCUT2D eigenvalue weighted by atomic mass is 9.98. The molecule has 0 saturated carbocycles. The Kier molecular flexibility index (Phi) is 5.07. The molecule has 0 aromatic heterocycles. The van der Waals surface area contributed by atoms with Crippen molar-refractivity contribution in [2.45, 2.75) is 20.3 Å². The first-order valence-corrected chi connectivity index (χ1v) is 6.29. The van der Waals surface area contributed by atoms with E-state index in [0.29, 0.717) is 6.42 Å². The van der Waals surface area contributed by atoms with Crippen LogP contribution in [-0.2, 0) is 14.8 Å². The molecular weight excluding hydrogens is 206 g/mol. The Hall–Kier alpha value is -0.620. The Balaban J connectivity index is 4.18. The van der Waals surface area contributed by atoms with Crippen LogP contribution in [0.1, 0.15) is 20.3 Å². The summed E-state index contributed by atoms with van der Waals surface area (Å²) in [6.07, 6.45) is 1.49. The average Bonchev–Trinajstić information content (AvgIpc) is 1.94. The average molecular weight is 223 g/mol.